The number of aromatic nitrogens is 1. The topological polar surface area (TPSA) is 80.4 Å². The molecule has 0 aliphatic heterocycles. The summed E-state index contributed by atoms with van der Waals surface area (Å²) in [6.45, 7) is 1.64. The van der Waals surface area contributed by atoms with Crippen molar-refractivity contribution in [1.82, 2.24) is 4.98 Å². The van der Waals surface area contributed by atoms with Crippen molar-refractivity contribution in [1.29, 1.82) is 0 Å². The molecule has 6 heteroatoms. The summed E-state index contributed by atoms with van der Waals surface area (Å²) in [7, 11) is 1.54. The number of fused-ring (bicyclic) bond motifs is 1. The second-order valence-corrected chi connectivity index (χ2v) is 5.49. The minimum absolute atomic E-state index is 0.227. The number of anilines is 1. The maximum Gasteiger partial charge on any atom is 0.265 e. The monoisotopic (exact) mass is 338 g/mol. The van der Waals surface area contributed by atoms with Gasteiger partial charge in [0.05, 0.1) is 18.3 Å². The number of rotatable bonds is 5. The van der Waals surface area contributed by atoms with Gasteiger partial charge in [0.1, 0.15) is 11.5 Å². The molecule has 0 fully saturated rings. The van der Waals surface area contributed by atoms with Gasteiger partial charge in [0.2, 0.25) is 5.56 Å². The first kappa shape index (κ1) is 16.6. The number of pyridine rings is 1. The highest BCUT2D eigenvalue weighted by Crippen LogP contribution is 2.25. The van der Waals surface area contributed by atoms with E-state index in [1.807, 2.05) is 12.1 Å². The van der Waals surface area contributed by atoms with Crippen LogP contribution in [0.3, 0.4) is 0 Å². The lowest BCUT2D eigenvalue weighted by Crippen LogP contribution is -2.30. The zero-order valence-electron chi connectivity index (χ0n) is 13.9. The van der Waals surface area contributed by atoms with Crippen LogP contribution in [0.4, 0.5) is 5.69 Å². The second-order valence-electron chi connectivity index (χ2n) is 5.49. The van der Waals surface area contributed by atoms with Crippen LogP contribution in [-0.4, -0.2) is 24.1 Å². The molecule has 0 radical (unpaired) electrons. The Morgan fingerprint density at radius 1 is 1.04 bits per heavy atom. The van der Waals surface area contributed by atoms with Crippen LogP contribution in [0.25, 0.3) is 10.9 Å². The predicted octanol–water partition coefficient (Wildman–Crippen LogP) is 2.94. The Bertz CT molecular complexity index is 965. The Morgan fingerprint density at radius 2 is 1.80 bits per heavy atom. The quantitative estimate of drug-likeness (QED) is 0.749. The van der Waals surface area contributed by atoms with E-state index in [4.69, 9.17) is 9.47 Å². The van der Waals surface area contributed by atoms with Crippen LogP contribution in [0.1, 0.15) is 6.92 Å². The third kappa shape index (κ3) is 3.63. The molecule has 1 heterocycles. The van der Waals surface area contributed by atoms with Crippen molar-refractivity contribution in [3.63, 3.8) is 0 Å². The molecule has 1 aromatic heterocycles. The molecule has 0 aliphatic rings. The van der Waals surface area contributed by atoms with Gasteiger partial charge < -0.3 is 19.8 Å². The van der Waals surface area contributed by atoms with Crippen LogP contribution in [-0.2, 0) is 4.79 Å². The number of methoxy groups -OCH3 is 1. The molecule has 25 heavy (non-hydrogen) atoms. The molecule has 0 saturated heterocycles. The molecular formula is C19H18N2O4. The summed E-state index contributed by atoms with van der Waals surface area (Å²) in [6, 6.07) is 15.7. The van der Waals surface area contributed by atoms with Gasteiger partial charge in [-0.3, -0.25) is 9.59 Å². The number of hydrogen-bond donors (Lipinski definition) is 2. The lowest BCUT2D eigenvalue weighted by molar-refractivity contribution is -0.122. The fraction of sp³-hybridized carbons (Fsp3) is 0.158. The molecule has 3 aromatic rings. The Morgan fingerprint density at radius 3 is 2.60 bits per heavy atom. The lowest BCUT2D eigenvalue weighted by atomic mass is 10.2. The zero-order valence-corrected chi connectivity index (χ0v) is 13.9. The van der Waals surface area contributed by atoms with E-state index in [2.05, 4.69) is 10.3 Å². The summed E-state index contributed by atoms with van der Waals surface area (Å²) in [5.74, 6) is 0.690. The Kier molecular flexibility index (Phi) is 4.70. The van der Waals surface area contributed by atoms with E-state index < -0.39 is 6.10 Å². The number of hydrogen-bond acceptors (Lipinski definition) is 4. The first-order valence-electron chi connectivity index (χ1n) is 7.81. The van der Waals surface area contributed by atoms with Gasteiger partial charge in [-0.1, -0.05) is 24.3 Å². The number of H-pyrrole nitrogens is 1. The van der Waals surface area contributed by atoms with E-state index in [0.29, 0.717) is 22.7 Å². The van der Waals surface area contributed by atoms with Crippen molar-refractivity contribution < 1.29 is 14.3 Å². The number of ether oxygens (including phenoxy) is 2. The van der Waals surface area contributed by atoms with Crippen LogP contribution in [0.2, 0.25) is 0 Å². The molecule has 128 valence electrons. The SMILES string of the molecule is COc1ccccc1NC(=O)C(C)Oc1cccc2ccc(=O)[nH]c12. The number of nitrogens with one attached hydrogen (secondary N) is 2. The summed E-state index contributed by atoms with van der Waals surface area (Å²) in [4.78, 5) is 26.7. The molecule has 0 spiro atoms. The second kappa shape index (κ2) is 7.09. The van der Waals surface area contributed by atoms with Crippen molar-refractivity contribution in [2.75, 3.05) is 12.4 Å². The number of benzene rings is 2. The average molecular weight is 338 g/mol. The van der Waals surface area contributed by atoms with Crippen LogP contribution in [0.15, 0.2) is 59.4 Å². The number of carbonyl (C=O) groups is 1. The smallest absolute Gasteiger partial charge is 0.265 e. The molecule has 2 N–H and O–H groups in total. The van der Waals surface area contributed by atoms with Gasteiger partial charge in [0, 0.05) is 11.5 Å². The highest BCUT2D eigenvalue weighted by atomic mass is 16.5. The van der Waals surface area contributed by atoms with Gasteiger partial charge in [-0.25, -0.2) is 0 Å². The van der Waals surface area contributed by atoms with E-state index in [-0.39, 0.29) is 11.5 Å². The van der Waals surface area contributed by atoms with E-state index in [1.54, 1.807) is 43.3 Å². The van der Waals surface area contributed by atoms with E-state index in [9.17, 15) is 9.59 Å². The molecule has 1 amide bonds. The maximum atomic E-state index is 12.4. The highest BCUT2D eigenvalue weighted by molar-refractivity contribution is 5.95. The molecular weight excluding hydrogens is 320 g/mol. The predicted molar refractivity (Wildman–Crippen MR) is 96.3 cm³/mol. The molecule has 3 rings (SSSR count). The Hall–Kier alpha value is -3.28. The number of amides is 1. The third-order valence-electron chi connectivity index (χ3n) is 3.76. The first-order chi connectivity index (χ1) is 12.1. The normalized spacial score (nSPS) is 11.8. The van der Waals surface area contributed by atoms with Crippen LogP contribution >= 0.6 is 0 Å². The average Bonchev–Trinajstić information content (AvgIpc) is 2.62. The van der Waals surface area contributed by atoms with Crippen LogP contribution in [0.5, 0.6) is 11.5 Å². The largest absolute Gasteiger partial charge is 0.495 e. The molecule has 0 saturated carbocycles. The number of aromatic amines is 1. The fourth-order valence-electron chi connectivity index (χ4n) is 2.48. The summed E-state index contributed by atoms with van der Waals surface area (Å²) in [5, 5.41) is 3.61. The van der Waals surface area contributed by atoms with Gasteiger partial charge in [-0.2, -0.15) is 0 Å². The Balaban J connectivity index is 1.80. The van der Waals surface area contributed by atoms with Crippen LogP contribution < -0.4 is 20.3 Å². The molecule has 1 unspecified atom stereocenters. The van der Waals surface area contributed by atoms with Crippen molar-refractivity contribution in [2.24, 2.45) is 0 Å². The Labute approximate surface area is 144 Å². The lowest BCUT2D eigenvalue weighted by Gasteiger charge is -2.17. The van der Waals surface area contributed by atoms with E-state index in [1.165, 1.54) is 13.2 Å². The molecule has 6 nitrogen and oxygen atoms in total. The number of para-hydroxylation sites is 3. The zero-order chi connectivity index (χ0) is 17.8. The third-order valence-corrected chi connectivity index (χ3v) is 3.76. The van der Waals surface area contributed by atoms with Crippen molar-refractivity contribution >= 4 is 22.5 Å². The highest BCUT2D eigenvalue weighted by Gasteiger charge is 2.17. The molecule has 1 atom stereocenters. The molecule has 0 aliphatic carbocycles. The van der Waals surface area contributed by atoms with Crippen molar-refractivity contribution in [2.45, 2.75) is 13.0 Å². The van der Waals surface area contributed by atoms with Gasteiger partial charge in [-0.15, -0.1) is 0 Å². The van der Waals surface area contributed by atoms with E-state index >= 15 is 0 Å². The van der Waals surface area contributed by atoms with Gasteiger partial charge >= 0.3 is 0 Å². The van der Waals surface area contributed by atoms with Gasteiger partial charge in [0.25, 0.3) is 5.91 Å². The summed E-state index contributed by atoms with van der Waals surface area (Å²) in [6.07, 6.45) is -0.765. The van der Waals surface area contributed by atoms with Crippen molar-refractivity contribution in [3.05, 3.63) is 65.0 Å². The fourth-order valence-corrected chi connectivity index (χ4v) is 2.48. The van der Waals surface area contributed by atoms with Crippen LogP contribution in [0, 0.1) is 0 Å². The van der Waals surface area contributed by atoms with E-state index in [0.717, 1.165) is 5.39 Å². The standard InChI is InChI=1S/C19H18N2O4/c1-12(19(23)20-14-7-3-4-8-15(14)24-2)25-16-9-5-6-13-10-11-17(22)21-18(13)16/h3-12H,1-2H3,(H,20,23)(H,21,22). The first-order valence-corrected chi connectivity index (χ1v) is 7.81. The summed E-state index contributed by atoms with van der Waals surface area (Å²) < 4.78 is 11.0. The van der Waals surface area contributed by atoms with Crippen molar-refractivity contribution in [3.8, 4) is 11.5 Å². The van der Waals surface area contributed by atoms with Gasteiger partial charge in [-0.05, 0) is 31.2 Å². The number of carbonyl (C=O) groups excluding carboxylic acids is 1. The molecule has 2 aromatic carbocycles. The maximum absolute atomic E-state index is 12.4. The minimum atomic E-state index is -0.765. The minimum Gasteiger partial charge on any atom is -0.495 e. The summed E-state index contributed by atoms with van der Waals surface area (Å²) >= 11 is 0. The summed E-state index contributed by atoms with van der Waals surface area (Å²) in [5.41, 5.74) is 0.901. The van der Waals surface area contributed by atoms with Gasteiger partial charge in [0.15, 0.2) is 6.10 Å². The molecule has 0 bridgehead atoms.